The number of nitrogens with one attached hydrogen (secondary N) is 1. The number of benzene rings is 1. The largest absolute Gasteiger partial charge is 0.274 e. The molecule has 3 nitrogen and oxygen atoms in total. The second-order valence-electron chi connectivity index (χ2n) is 3.95. The molecule has 0 aliphatic heterocycles. The summed E-state index contributed by atoms with van der Waals surface area (Å²) >= 11 is 0. The van der Waals surface area contributed by atoms with E-state index in [2.05, 4.69) is 5.48 Å². The third kappa shape index (κ3) is 1.93. The number of hydroxylamine groups is 1. The van der Waals surface area contributed by atoms with E-state index in [4.69, 9.17) is 4.84 Å². The molecule has 86 valence electrons. The second kappa shape index (κ2) is 4.22. The normalized spacial score (nSPS) is 16.9. The lowest BCUT2D eigenvalue weighted by Gasteiger charge is -2.14. The van der Waals surface area contributed by atoms with Gasteiger partial charge >= 0.3 is 0 Å². The number of rotatable bonds is 4. The minimum Gasteiger partial charge on any atom is -0.274 e. The number of amides is 1. The Kier molecular flexibility index (Phi) is 2.92. The van der Waals surface area contributed by atoms with Crippen molar-refractivity contribution in [2.75, 3.05) is 6.61 Å². The third-order valence-electron chi connectivity index (χ3n) is 2.89. The zero-order chi connectivity index (χ0) is 11.6. The summed E-state index contributed by atoms with van der Waals surface area (Å²) in [6, 6.07) is 6.08. The van der Waals surface area contributed by atoms with Crippen LogP contribution in [0.15, 0.2) is 24.3 Å². The Morgan fingerprint density at radius 2 is 2.06 bits per heavy atom. The Morgan fingerprint density at radius 1 is 1.44 bits per heavy atom. The topological polar surface area (TPSA) is 38.3 Å². The number of carbonyl (C=O) groups excluding carboxylic acids is 1. The van der Waals surface area contributed by atoms with Crippen molar-refractivity contribution in [3.63, 3.8) is 0 Å². The molecule has 0 unspecified atom stereocenters. The number of halogens is 1. The predicted octanol–water partition coefficient (Wildman–Crippen LogP) is 1.92. The monoisotopic (exact) mass is 223 g/mol. The highest BCUT2D eigenvalue weighted by atomic mass is 19.1. The average molecular weight is 223 g/mol. The molecule has 0 aromatic heterocycles. The van der Waals surface area contributed by atoms with Gasteiger partial charge in [0.1, 0.15) is 5.82 Å². The molecule has 1 aliphatic rings. The van der Waals surface area contributed by atoms with Crippen LogP contribution in [0.25, 0.3) is 0 Å². The smallest absolute Gasteiger partial charge is 0.254 e. The SMILES string of the molecule is CCONC(=O)C1(c2ccc(F)cc2)CC1. The van der Waals surface area contributed by atoms with Gasteiger partial charge in [-0.05, 0) is 37.5 Å². The molecular weight excluding hydrogens is 209 g/mol. The van der Waals surface area contributed by atoms with Crippen LogP contribution in [0.5, 0.6) is 0 Å². The number of hydrogen-bond donors (Lipinski definition) is 1. The molecule has 1 N–H and O–H groups in total. The highest BCUT2D eigenvalue weighted by molar-refractivity contribution is 5.90. The Balaban J connectivity index is 2.13. The Labute approximate surface area is 93.6 Å². The summed E-state index contributed by atoms with van der Waals surface area (Å²) in [5, 5.41) is 0. The highest BCUT2D eigenvalue weighted by Gasteiger charge is 2.51. The summed E-state index contributed by atoms with van der Waals surface area (Å²) in [6.45, 7) is 2.24. The van der Waals surface area contributed by atoms with Gasteiger partial charge in [-0.3, -0.25) is 9.63 Å². The van der Waals surface area contributed by atoms with E-state index >= 15 is 0 Å². The minimum absolute atomic E-state index is 0.138. The van der Waals surface area contributed by atoms with Crippen molar-refractivity contribution < 1.29 is 14.0 Å². The van der Waals surface area contributed by atoms with Gasteiger partial charge in [-0.15, -0.1) is 0 Å². The van der Waals surface area contributed by atoms with Crippen LogP contribution in [0.1, 0.15) is 25.3 Å². The van der Waals surface area contributed by atoms with Crippen molar-refractivity contribution in [1.82, 2.24) is 5.48 Å². The van der Waals surface area contributed by atoms with Crippen LogP contribution in [0, 0.1) is 5.82 Å². The molecule has 1 saturated carbocycles. The lowest BCUT2D eigenvalue weighted by Crippen LogP contribution is -2.34. The molecule has 0 radical (unpaired) electrons. The fourth-order valence-corrected chi connectivity index (χ4v) is 1.78. The molecule has 1 fully saturated rings. The summed E-state index contributed by atoms with van der Waals surface area (Å²) in [4.78, 5) is 16.7. The lowest BCUT2D eigenvalue weighted by molar-refractivity contribution is -0.135. The maximum absolute atomic E-state index is 12.8. The first-order chi connectivity index (χ1) is 7.69. The fourth-order valence-electron chi connectivity index (χ4n) is 1.78. The quantitative estimate of drug-likeness (QED) is 0.792. The molecule has 0 atom stereocenters. The van der Waals surface area contributed by atoms with E-state index in [9.17, 15) is 9.18 Å². The van der Waals surface area contributed by atoms with Crippen LogP contribution in [0.4, 0.5) is 4.39 Å². The molecule has 1 amide bonds. The van der Waals surface area contributed by atoms with E-state index in [0.29, 0.717) is 6.61 Å². The molecule has 0 bridgehead atoms. The van der Waals surface area contributed by atoms with Crippen molar-refractivity contribution >= 4 is 5.91 Å². The molecule has 0 saturated heterocycles. The highest BCUT2D eigenvalue weighted by Crippen LogP contribution is 2.48. The molecule has 0 heterocycles. The van der Waals surface area contributed by atoms with Crippen LogP contribution < -0.4 is 5.48 Å². The Morgan fingerprint density at radius 3 is 2.56 bits per heavy atom. The van der Waals surface area contributed by atoms with Gasteiger partial charge in [0.25, 0.3) is 5.91 Å². The molecular formula is C12H14FNO2. The van der Waals surface area contributed by atoms with Gasteiger partial charge in [0.15, 0.2) is 0 Å². The second-order valence-corrected chi connectivity index (χ2v) is 3.95. The van der Waals surface area contributed by atoms with E-state index in [-0.39, 0.29) is 11.7 Å². The van der Waals surface area contributed by atoms with E-state index in [1.807, 2.05) is 0 Å². The van der Waals surface area contributed by atoms with Gasteiger partial charge in [-0.1, -0.05) is 12.1 Å². The van der Waals surface area contributed by atoms with Crippen molar-refractivity contribution in [3.05, 3.63) is 35.6 Å². The van der Waals surface area contributed by atoms with Crippen LogP contribution in [-0.4, -0.2) is 12.5 Å². The van der Waals surface area contributed by atoms with Gasteiger partial charge in [-0.2, -0.15) is 0 Å². The molecule has 1 aromatic carbocycles. The van der Waals surface area contributed by atoms with Crippen LogP contribution in [-0.2, 0) is 15.0 Å². The first-order valence-electron chi connectivity index (χ1n) is 5.37. The van der Waals surface area contributed by atoms with Crippen LogP contribution in [0.2, 0.25) is 0 Å². The molecule has 1 aromatic rings. The van der Waals surface area contributed by atoms with Crippen LogP contribution in [0.3, 0.4) is 0 Å². The summed E-state index contributed by atoms with van der Waals surface area (Å²) in [6.07, 6.45) is 1.58. The van der Waals surface area contributed by atoms with E-state index in [0.717, 1.165) is 18.4 Å². The Hall–Kier alpha value is -1.42. The third-order valence-corrected chi connectivity index (χ3v) is 2.89. The van der Waals surface area contributed by atoms with Crippen molar-refractivity contribution in [1.29, 1.82) is 0 Å². The van der Waals surface area contributed by atoms with Gasteiger partial charge in [-0.25, -0.2) is 9.87 Å². The van der Waals surface area contributed by atoms with Gasteiger partial charge in [0.2, 0.25) is 0 Å². The van der Waals surface area contributed by atoms with E-state index in [1.54, 1.807) is 19.1 Å². The summed E-state index contributed by atoms with van der Waals surface area (Å²) in [7, 11) is 0. The number of hydrogen-bond acceptors (Lipinski definition) is 2. The van der Waals surface area contributed by atoms with Gasteiger partial charge in [0, 0.05) is 0 Å². The molecule has 2 rings (SSSR count). The molecule has 16 heavy (non-hydrogen) atoms. The Bertz CT molecular complexity index is 385. The molecule has 4 heteroatoms. The first-order valence-corrected chi connectivity index (χ1v) is 5.37. The molecule has 0 spiro atoms. The number of carbonyl (C=O) groups is 1. The van der Waals surface area contributed by atoms with E-state index in [1.165, 1.54) is 12.1 Å². The summed E-state index contributed by atoms with van der Waals surface area (Å²) < 4.78 is 12.8. The zero-order valence-electron chi connectivity index (χ0n) is 9.13. The lowest BCUT2D eigenvalue weighted by atomic mass is 9.95. The van der Waals surface area contributed by atoms with Gasteiger partial charge in [0.05, 0.1) is 12.0 Å². The minimum atomic E-state index is -0.497. The fraction of sp³-hybridized carbons (Fsp3) is 0.417. The van der Waals surface area contributed by atoms with E-state index < -0.39 is 5.41 Å². The predicted molar refractivity (Wildman–Crippen MR) is 57.1 cm³/mol. The van der Waals surface area contributed by atoms with Crippen molar-refractivity contribution in [2.24, 2.45) is 0 Å². The van der Waals surface area contributed by atoms with Crippen molar-refractivity contribution in [2.45, 2.75) is 25.2 Å². The average Bonchev–Trinajstić information content (AvgIpc) is 3.08. The van der Waals surface area contributed by atoms with Crippen molar-refractivity contribution in [3.8, 4) is 0 Å². The standard InChI is InChI=1S/C12H14FNO2/c1-2-16-14-11(15)12(7-8-12)9-3-5-10(13)6-4-9/h3-6H,2,7-8H2,1H3,(H,14,15). The summed E-state index contributed by atoms with van der Waals surface area (Å²) in [5.74, 6) is -0.425. The summed E-state index contributed by atoms with van der Waals surface area (Å²) in [5.41, 5.74) is 2.77. The first kappa shape index (κ1) is 11.1. The maximum Gasteiger partial charge on any atom is 0.254 e. The van der Waals surface area contributed by atoms with Gasteiger partial charge < -0.3 is 0 Å². The zero-order valence-corrected chi connectivity index (χ0v) is 9.13. The van der Waals surface area contributed by atoms with Crippen LogP contribution >= 0.6 is 0 Å². The molecule has 1 aliphatic carbocycles. The maximum atomic E-state index is 12.8.